The van der Waals surface area contributed by atoms with Crippen LogP contribution in [0.15, 0.2) is 121 Å². The van der Waals surface area contributed by atoms with Crippen LogP contribution in [-0.2, 0) is 9.13 Å². The lowest BCUT2D eigenvalue weighted by Crippen LogP contribution is -2.32. The van der Waals surface area contributed by atoms with Crippen molar-refractivity contribution < 1.29 is 9.13 Å². The van der Waals surface area contributed by atoms with Gasteiger partial charge in [0.25, 0.3) is 0 Å². The first-order valence-corrected chi connectivity index (χ1v) is 15.8. The fourth-order valence-corrected chi connectivity index (χ4v) is 12.0. The molecule has 0 bridgehead atoms. The van der Waals surface area contributed by atoms with Gasteiger partial charge in [0.05, 0.1) is 0 Å². The van der Waals surface area contributed by atoms with Crippen molar-refractivity contribution in [3.63, 3.8) is 0 Å². The van der Waals surface area contributed by atoms with E-state index in [4.69, 9.17) is 11.6 Å². The summed E-state index contributed by atoms with van der Waals surface area (Å²) in [6, 6.07) is 38.6. The molecule has 4 aromatic rings. The highest BCUT2D eigenvalue weighted by atomic mass is 35.5. The van der Waals surface area contributed by atoms with E-state index in [1.54, 1.807) is 0 Å². The minimum Gasteiger partial charge on any atom is -0.314 e. The van der Waals surface area contributed by atoms with Crippen molar-refractivity contribution in [2.24, 2.45) is 0 Å². The lowest BCUT2D eigenvalue weighted by molar-refractivity contribution is 0.568. The smallest absolute Gasteiger partial charge is 0.146 e. The van der Waals surface area contributed by atoms with Crippen LogP contribution >= 0.6 is 25.9 Å². The molecule has 174 valence electrons. The average Bonchev–Trinajstić information content (AvgIpc) is 2.92. The van der Waals surface area contributed by atoms with E-state index >= 15 is 4.57 Å². The quantitative estimate of drug-likeness (QED) is 0.184. The third-order valence-corrected chi connectivity index (χ3v) is 13.7. The van der Waals surface area contributed by atoms with Gasteiger partial charge in [-0.2, -0.15) is 0 Å². The van der Waals surface area contributed by atoms with Crippen molar-refractivity contribution in [3.05, 3.63) is 121 Å². The highest BCUT2D eigenvalue weighted by Gasteiger charge is 2.41. The molecule has 0 aromatic heterocycles. The van der Waals surface area contributed by atoms with Crippen molar-refractivity contribution >= 4 is 47.1 Å². The molecule has 0 spiro atoms. The van der Waals surface area contributed by atoms with Gasteiger partial charge >= 0.3 is 0 Å². The first kappa shape index (κ1) is 24.7. The Hall–Kier alpha value is -2.37. The lowest BCUT2D eigenvalue weighted by atomic mass is 10.3. The molecule has 0 unspecified atom stereocenters. The SMILES string of the molecule is O=P(C[C@@H](CCCCl)P(=O)(c1ccccc1)c1ccccc1)(c1ccccc1)c1ccccc1. The minimum atomic E-state index is -3.13. The zero-order chi connectivity index (χ0) is 23.9. The van der Waals surface area contributed by atoms with Crippen LogP contribution in [0.3, 0.4) is 0 Å². The lowest BCUT2D eigenvalue weighted by Gasteiger charge is -2.32. The van der Waals surface area contributed by atoms with Gasteiger partial charge < -0.3 is 9.13 Å². The molecule has 0 heterocycles. The summed E-state index contributed by atoms with van der Waals surface area (Å²) in [6.07, 6.45) is 1.66. The van der Waals surface area contributed by atoms with Crippen LogP contribution in [0, 0.1) is 0 Å². The molecule has 0 amide bonds. The molecule has 0 aliphatic rings. The van der Waals surface area contributed by atoms with Gasteiger partial charge in [0.1, 0.15) is 14.3 Å². The Kier molecular flexibility index (Phi) is 8.28. The summed E-state index contributed by atoms with van der Waals surface area (Å²) in [4.78, 5) is 0. The van der Waals surface area contributed by atoms with Crippen LogP contribution in [0.5, 0.6) is 0 Å². The predicted octanol–water partition coefficient (Wildman–Crippen LogP) is 6.40. The van der Waals surface area contributed by atoms with Crippen LogP contribution < -0.4 is 21.2 Å². The van der Waals surface area contributed by atoms with Gasteiger partial charge in [0.2, 0.25) is 0 Å². The van der Waals surface area contributed by atoms with E-state index in [-0.39, 0.29) is 5.66 Å². The number of hydrogen-bond donors (Lipinski definition) is 0. The Morgan fingerprint density at radius 2 is 0.912 bits per heavy atom. The number of benzene rings is 4. The third kappa shape index (κ3) is 5.16. The molecule has 0 fully saturated rings. The highest BCUT2D eigenvalue weighted by molar-refractivity contribution is 7.82. The predicted molar refractivity (Wildman–Crippen MR) is 148 cm³/mol. The van der Waals surface area contributed by atoms with E-state index in [1.807, 2.05) is 121 Å². The molecule has 0 aliphatic heterocycles. The minimum absolute atomic E-state index is 0.317. The normalized spacial score (nSPS) is 12.9. The van der Waals surface area contributed by atoms with Gasteiger partial charge in [-0.05, 0) is 12.8 Å². The average molecular weight is 507 g/mol. The summed E-state index contributed by atoms with van der Waals surface area (Å²) in [5, 5.41) is 3.19. The maximum Gasteiger partial charge on any atom is 0.146 e. The standard InChI is InChI=1S/C29H29ClO2P2/c30-23-13-22-29(34(32,27-18-9-3-10-19-27)28-20-11-4-12-21-28)24-33(31,25-14-5-1-6-15-25)26-16-7-2-8-17-26/h1-12,14-21,29H,13,22-24H2/t29-/m1/s1. The van der Waals surface area contributed by atoms with E-state index in [1.165, 1.54) is 0 Å². The monoisotopic (exact) mass is 506 g/mol. The third-order valence-electron chi connectivity index (χ3n) is 6.28. The zero-order valence-corrected chi connectivity index (χ0v) is 21.6. The molecule has 0 aliphatic carbocycles. The first-order valence-electron chi connectivity index (χ1n) is 11.6. The van der Waals surface area contributed by atoms with Gasteiger partial charge in [-0.1, -0.05) is 121 Å². The molecule has 34 heavy (non-hydrogen) atoms. The Balaban J connectivity index is 1.90. The van der Waals surface area contributed by atoms with E-state index in [2.05, 4.69) is 0 Å². The Morgan fingerprint density at radius 1 is 0.559 bits per heavy atom. The van der Waals surface area contributed by atoms with Crippen molar-refractivity contribution in [2.45, 2.75) is 18.5 Å². The van der Waals surface area contributed by atoms with Crippen LogP contribution in [0.4, 0.5) is 0 Å². The van der Waals surface area contributed by atoms with Crippen molar-refractivity contribution in [3.8, 4) is 0 Å². The first-order chi connectivity index (χ1) is 16.6. The fourth-order valence-electron chi connectivity index (χ4n) is 4.56. The fraction of sp³-hybridized carbons (Fsp3) is 0.172. The molecule has 0 N–H and O–H groups in total. The van der Waals surface area contributed by atoms with Crippen LogP contribution in [-0.4, -0.2) is 17.7 Å². The molecule has 0 saturated heterocycles. The molecule has 0 saturated carbocycles. The zero-order valence-electron chi connectivity index (χ0n) is 19.0. The molecule has 4 rings (SSSR count). The van der Waals surface area contributed by atoms with E-state index in [0.29, 0.717) is 24.9 Å². The largest absolute Gasteiger partial charge is 0.314 e. The number of hydrogen-bond acceptors (Lipinski definition) is 2. The van der Waals surface area contributed by atoms with Crippen molar-refractivity contribution in [1.82, 2.24) is 0 Å². The van der Waals surface area contributed by atoms with E-state index in [9.17, 15) is 4.57 Å². The van der Waals surface area contributed by atoms with Crippen molar-refractivity contribution in [1.29, 1.82) is 0 Å². The second kappa shape index (κ2) is 11.4. The Labute approximate surface area is 207 Å². The summed E-state index contributed by atoms with van der Waals surface area (Å²) in [5.41, 5.74) is -0.317. The molecule has 5 heteroatoms. The van der Waals surface area contributed by atoms with Crippen LogP contribution in [0.2, 0.25) is 0 Å². The maximum atomic E-state index is 15.2. The van der Waals surface area contributed by atoms with Gasteiger partial charge in [0, 0.05) is 38.9 Å². The van der Waals surface area contributed by atoms with E-state index < -0.39 is 14.3 Å². The molecule has 0 radical (unpaired) electrons. The second-order valence-electron chi connectivity index (χ2n) is 8.41. The van der Waals surface area contributed by atoms with Gasteiger partial charge in [-0.15, -0.1) is 11.6 Å². The summed E-state index contributed by atoms with van der Waals surface area (Å²) in [5.74, 6) is 0.473. The van der Waals surface area contributed by atoms with Gasteiger partial charge in [-0.25, -0.2) is 0 Å². The number of alkyl halides is 1. The molecule has 1 atom stereocenters. The Bertz CT molecular complexity index is 1180. The van der Waals surface area contributed by atoms with Gasteiger partial charge in [0.15, 0.2) is 0 Å². The second-order valence-corrected chi connectivity index (χ2v) is 14.7. The van der Waals surface area contributed by atoms with E-state index in [0.717, 1.165) is 21.2 Å². The number of halogens is 1. The summed E-state index contributed by atoms with van der Waals surface area (Å²) < 4.78 is 30.1. The Morgan fingerprint density at radius 3 is 1.26 bits per heavy atom. The molecular weight excluding hydrogens is 478 g/mol. The summed E-state index contributed by atoms with van der Waals surface area (Å²) in [6.45, 7) is 0. The molecule has 2 nitrogen and oxygen atoms in total. The molecular formula is C29H29ClO2P2. The summed E-state index contributed by atoms with van der Waals surface area (Å²) >= 11 is 6.13. The summed E-state index contributed by atoms with van der Waals surface area (Å²) in [7, 11) is -6.21. The van der Waals surface area contributed by atoms with Crippen LogP contribution in [0.1, 0.15) is 12.8 Å². The van der Waals surface area contributed by atoms with Crippen LogP contribution in [0.25, 0.3) is 0 Å². The highest BCUT2D eigenvalue weighted by Crippen LogP contribution is 2.57. The van der Waals surface area contributed by atoms with Crippen molar-refractivity contribution in [2.75, 3.05) is 12.0 Å². The van der Waals surface area contributed by atoms with Gasteiger partial charge in [-0.3, -0.25) is 0 Å². The maximum absolute atomic E-state index is 15.2. The molecule has 4 aromatic carbocycles. The topological polar surface area (TPSA) is 34.1 Å². The number of rotatable bonds is 10.